The van der Waals surface area contributed by atoms with Crippen molar-refractivity contribution in [3.05, 3.63) is 30.3 Å². The Morgan fingerprint density at radius 3 is 1.93 bits per heavy atom. The third-order valence-corrected chi connectivity index (χ3v) is 7.16. The summed E-state index contributed by atoms with van der Waals surface area (Å²) >= 11 is 0. The van der Waals surface area contributed by atoms with Gasteiger partial charge in [0.25, 0.3) is 8.48 Å². The van der Waals surface area contributed by atoms with E-state index in [-0.39, 0.29) is 0 Å². The van der Waals surface area contributed by atoms with Gasteiger partial charge in [0.2, 0.25) is 0 Å². The molecule has 1 aromatic carbocycles. The second-order valence-electron chi connectivity index (χ2n) is 5.22. The molecule has 0 unspecified atom stereocenters. The predicted octanol–water partition coefficient (Wildman–Crippen LogP) is 3.65. The minimum atomic E-state index is -1.77. The molecule has 0 aromatic heterocycles. The molecule has 84 valence electrons. The second kappa shape index (κ2) is 4.51. The molecule has 4 heteroatoms. The molecule has 0 aliphatic heterocycles. The van der Waals surface area contributed by atoms with E-state index in [4.69, 9.17) is 4.12 Å². The topological polar surface area (TPSA) is 21.3 Å². The highest BCUT2D eigenvalue weighted by Crippen LogP contribution is 2.17. The van der Waals surface area contributed by atoms with Crippen LogP contribution in [0.2, 0.25) is 32.7 Å². The van der Waals surface area contributed by atoms with Gasteiger partial charge in [-0.3, -0.25) is 0 Å². The summed E-state index contributed by atoms with van der Waals surface area (Å²) in [6.07, 6.45) is 0. The van der Waals surface area contributed by atoms with Crippen LogP contribution in [0, 0.1) is 0 Å². The van der Waals surface area contributed by atoms with Gasteiger partial charge >= 0.3 is 0 Å². The summed E-state index contributed by atoms with van der Waals surface area (Å²) in [5, 5.41) is 0. The van der Waals surface area contributed by atoms with E-state index in [1.165, 1.54) is 0 Å². The standard InChI is InChI=1S/C11H21NOSi2/c1-14(2,3)13-15(4,5)12-11-9-7-6-8-10-11/h6-10,12H,1-5H3. The Bertz CT molecular complexity index is 306. The van der Waals surface area contributed by atoms with Gasteiger partial charge in [-0.1, -0.05) is 18.2 Å². The Morgan fingerprint density at radius 2 is 1.47 bits per heavy atom. The van der Waals surface area contributed by atoms with E-state index in [2.05, 4.69) is 49.9 Å². The lowest BCUT2D eigenvalue weighted by atomic mass is 10.3. The number of hydrogen-bond donors (Lipinski definition) is 1. The molecule has 0 saturated carbocycles. The zero-order valence-electron chi connectivity index (χ0n) is 10.3. The number of benzene rings is 1. The smallest absolute Gasteiger partial charge is 0.281 e. The van der Waals surface area contributed by atoms with Gasteiger partial charge in [-0.2, -0.15) is 0 Å². The summed E-state index contributed by atoms with van der Waals surface area (Å²) in [6, 6.07) is 10.3. The Hall–Kier alpha value is -0.586. The van der Waals surface area contributed by atoms with E-state index in [1.807, 2.05) is 18.2 Å². The van der Waals surface area contributed by atoms with Crippen LogP contribution in [0.3, 0.4) is 0 Å². The van der Waals surface area contributed by atoms with Crippen molar-refractivity contribution in [2.45, 2.75) is 32.7 Å². The van der Waals surface area contributed by atoms with Gasteiger partial charge in [0, 0.05) is 5.69 Å². The lowest BCUT2D eigenvalue weighted by molar-refractivity contribution is 0.558. The average molecular weight is 239 g/mol. The van der Waals surface area contributed by atoms with E-state index in [0.717, 1.165) is 5.69 Å². The van der Waals surface area contributed by atoms with Crippen molar-refractivity contribution < 1.29 is 4.12 Å². The van der Waals surface area contributed by atoms with Crippen LogP contribution in [0.5, 0.6) is 0 Å². The summed E-state index contributed by atoms with van der Waals surface area (Å²) in [6.45, 7) is 11.1. The molecule has 15 heavy (non-hydrogen) atoms. The largest absolute Gasteiger partial charge is 0.441 e. The van der Waals surface area contributed by atoms with Crippen molar-refractivity contribution >= 4 is 22.5 Å². The van der Waals surface area contributed by atoms with Crippen molar-refractivity contribution in [2.24, 2.45) is 0 Å². The van der Waals surface area contributed by atoms with Crippen molar-refractivity contribution in [1.82, 2.24) is 0 Å². The molecule has 1 aromatic rings. The summed E-state index contributed by atoms with van der Waals surface area (Å²) in [4.78, 5) is 3.53. The fourth-order valence-corrected chi connectivity index (χ4v) is 8.85. The predicted molar refractivity (Wildman–Crippen MR) is 72.0 cm³/mol. The molecule has 0 aliphatic rings. The molecule has 0 aliphatic carbocycles. The lowest BCUT2D eigenvalue weighted by Gasteiger charge is -2.32. The molecule has 0 atom stereocenters. The molecule has 1 N–H and O–H groups in total. The van der Waals surface area contributed by atoms with Gasteiger partial charge in [0.05, 0.1) is 0 Å². The Labute approximate surface area is 95.0 Å². The third kappa shape index (κ3) is 5.15. The first-order valence-electron chi connectivity index (χ1n) is 5.32. The first kappa shape index (κ1) is 12.5. The molecule has 0 bridgehead atoms. The van der Waals surface area contributed by atoms with Gasteiger partial charge in [-0.25, -0.2) is 0 Å². The quantitative estimate of drug-likeness (QED) is 0.810. The van der Waals surface area contributed by atoms with Crippen LogP contribution in [-0.4, -0.2) is 16.8 Å². The van der Waals surface area contributed by atoms with Gasteiger partial charge in [-0.15, -0.1) is 0 Å². The Balaban J connectivity index is 2.65. The molecular formula is C11H21NOSi2. The van der Waals surface area contributed by atoms with Crippen LogP contribution in [-0.2, 0) is 4.12 Å². The molecule has 0 spiro atoms. The maximum atomic E-state index is 6.20. The van der Waals surface area contributed by atoms with Crippen LogP contribution in [0.15, 0.2) is 30.3 Å². The fraction of sp³-hybridized carbons (Fsp3) is 0.455. The van der Waals surface area contributed by atoms with Crippen LogP contribution in [0.25, 0.3) is 0 Å². The van der Waals surface area contributed by atoms with Crippen molar-refractivity contribution in [3.63, 3.8) is 0 Å². The van der Waals surface area contributed by atoms with E-state index in [1.54, 1.807) is 0 Å². The molecule has 0 fully saturated rings. The molecule has 0 saturated heterocycles. The van der Waals surface area contributed by atoms with E-state index in [0.29, 0.717) is 0 Å². The first-order chi connectivity index (χ1) is 6.79. The Morgan fingerprint density at radius 1 is 0.933 bits per heavy atom. The van der Waals surface area contributed by atoms with E-state index >= 15 is 0 Å². The minimum Gasteiger partial charge on any atom is -0.441 e. The molecule has 2 nitrogen and oxygen atoms in total. The number of hydrogen-bond acceptors (Lipinski definition) is 2. The second-order valence-corrected chi connectivity index (χ2v) is 13.5. The minimum absolute atomic E-state index is 1.16. The van der Waals surface area contributed by atoms with E-state index < -0.39 is 16.8 Å². The maximum absolute atomic E-state index is 6.20. The van der Waals surface area contributed by atoms with Crippen LogP contribution < -0.4 is 4.98 Å². The van der Waals surface area contributed by atoms with Crippen LogP contribution in [0.4, 0.5) is 5.69 Å². The summed E-state index contributed by atoms with van der Waals surface area (Å²) in [5.41, 5.74) is 1.16. The lowest BCUT2D eigenvalue weighted by Crippen LogP contribution is -2.48. The first-order valence-corrected chi connectivity index (χ1v) is 11.6. The SMILES string of the molecule is C[Si](C)(C)O[Si](C)(C)Nc1ccccc1. The monoisotopic (exact) mass is 239 g/mol. The van der Waals surface area contributed by atoms with Crippen LogP contribution in [0.1, 0.15) is 0 Å². The highest BCUT2D eigenvalue weighted by atomic mass is 28.4. The average Bonchev–Trinajstić information content (AvgIpc) is 1.99. The molecular weight excluding hydrogens is 218 g/mol. The van der Waals surface area contributed by atoms with Gasteiger partial charge in [0.15, 0.2) is 8.32 Å². The van der Waals surface area contributed by atoms with Crippen LogP contribution >= 0.6 is 0 Å². The molecule has 1 rings (SSSR count). The van der Waals surface area contributed by atoms with Crippen molar-refractivity contribution in [1.29, 1.82) is 0 Å². The highest BCUT2D eigenvalue weighted by Gasteiger charge is 2.29. The van der Waals surface area contributed by atoms with Crippen molar-refractivity contribution in [2.75, 3.05) is 4.98 Å². The van der Waals surface area contributed by atoms with E-state index in [9.17, 15) is 0 Å². The van der Waals surface area contributed by atoms with Gasteiger partial charge < -0.3 is 9.10 Å². The van der Waals surface area contributed by atoms with Gasteiger partial charge in [0.1, 0.15) is 0 Å². The molecule has 0 heterocycles. The fourth-order valence-electron chi connectivity index (χ4n) is 1.66. The summed E-state index contributed by atoms with van der Waals surface area (Å²) < 4.78 is 6.20. The summed E-state index contributed by atoms with van der Waals surface area (Å²) in [5.74, 6) is 0. The number of anilines is 1. The normalized spacial score (nSPS) is 12.6. The Kier molecular flexibility index (Phi) is 3.75. The third-order valence-electron chi connectivity index (χ3n) is 1.78. The number of nitrogens with one attached hydrogen (secondary N) is 1. The molecule has 0 amide bonds. The zero-order valence-corrected chi connectivity index (χ0v) is 12.3. The van der Waals surface area contributed by atoms with Gasteiger partial charge in [-0.05, 0) is 44.9 Å². The zero-order chi connectivity index (χ0) is 11.5. The molecule has 0 radical (unpaired) electrons. The highest BCUT2D eigenvalue weighted by molar-refractivity contribution is 6.85. The number of para-hydroxylation sites is 1. The maximum Gasteiger partial charge on any atom is 0.281 e. The van der Waals surface area contributed by atoms with Crippen molar-refractivity contribution in [3.8, 4) is 0 Å². The number of rotatable bonds is 4. The summed E-state index contributed by atoms with van der Waals surface area (Å²) in [7, 11) is -3.22.